The maximum absolute atomic E-state index is 11.8. The zero-order valence-electron chi connectivity index (χ0n) is 11.7. The fourth-order valence-electron chi connectivity index (χ4n) is 1.69. The van der Waals surface area contributed by atoms with Crippen LogP contribution in [-0.2, 0) is 4.79 Å². The van der Waals surface area contributed by atoms with E-state index in [1.807, 2.05) is 58.3 Å². The molecule has 18 heavy (non-hydrogen) atoms. The van der Waals surface area contributed by atoms with E-state index in [0.717, 1.165) is 24.3 Å². The lowest BCUT2D eigenvalue weighted by atomic mass is 10.2. The Balaban J connectivity index is 2.69. The van der Waals surface area contributed by atoms with Crippen molar-refractivity contribution in [2.45, 2.75) is 13.8 Å². The third-order valence-electron chi connectivity index (χ3n) is 2.90. The number of hydrogen-bond acceptors (Lipinski definition) is 2. The normalized spacial score (nSPS) is 10.7. The van der Waals surface area contributed by atoms with E-state index in [1.54, 1.807) is 11.0 Å². The number of carbonyl (C=O) groups excluding carboxylic acids is 1. The molecule has 0 saturated heterocycles. The monoisotopic (exact) mass is 246 g/mol. The SMILES string of the molecule is CCN(CC)C(=O)/C=C\c1ccc(N(C)C)cc1. The second-order valence-corrected chi connectivity index (χ2v) is 4.33. The van der Waals surface area contributed by atoms with Gasteiger partial charge >= 0.3 is 0 Å². The van der Waals surface area contributed by atoms with Crippen molar-refractivity contribution >= 4 is 17.7 Å². The summed E-state index contributed by atoms with van der Waals surface area (Å²) in [5.41, 5.74) is 2.20. The van der Waals surface area contributed by atoms with Crippen LogP contribution in [0.3, 0.4) is 0 Å². The summed E-state index contributed by atoms with van der Waals surface area (Å²) in [6, 6.07) is 8.12. The standard InChI is InChI=1S/C15H22N2O/c1-5-17(6-2)15(18)12-9-13-7-10-14(11-8-13)16(3)4/h7-12H,5-6H2,1-4H3/b12-9-. The first kappa shape index (κ1) is 14.3. The lowest BCUT2D eigenvalue weighted by Gasteiger charge is -2.16. The van der Waals surface area contributed by atoms with Crippen molar-refractivity contribution in [3.05, 3.63) is 35.9 Å². The Morgan fingerprint density at radius 1 is 1.11 bits per heavy atom. The molecule has 0 N–H and O–H groups in total. The second kappa shape index (κ2) is 6.84. The molecule has 0 bridgehead atoms. The van der Waals surface area contributed by atoms with Crippen LogP contribution in [0.2, 0.25) is 0 Å². The average Bonchev–Trinajstić information content (AvgIpc) is 2.38. The first-order chi connectivity index (χ1) is 8.58. The molecule has 1 rings (SSSR count). The summed E-state index contributed by atoms with van der Waals surface area (Å²) in [4.78, 5) is 15.6. The van der Waals surface area contributed by atoms with Crippen LogP contribution in [0.4, 0.5) is 5.69 Å². The van der Waals surface area contributed by atoms with Crippen molar-refractivity contribution in [1.29, 1.82) is 0 Å². The van der Waals surface area contributed by atoms with Gasteiger partial charge in [-0.05, 0) is 37.6 Å². The quantitative estimate of drug-likeness (QED) is 0.746. The topological polar surface area (TPSA) is 23.6 Å². The Bertz CT molecular complexity index is 403. The van der Waals surface area contributed by atoms with Crippen LogP contribution >= 0.6 is 0 Å². The molecule has 1 aromatic carbocycles. The number of hydrogen-bond donors (Lipinski definition) is 0. The first-order valence-corrected chi connectivity index (χ1v) is 6.32. The number of likely N-dealkylation sites (N-methyl/N-ethyl adjacent to an activating group) is 1. The third kappa shape index (κ3) is 3.91. The molecule has 3 nitrogen and oxygen atoms in total. The zero-order chi connectivity index (χ0) is 13.5. The molecule has 3 heteroatoms. The molecule has 0 aliphatic heterocycles. The van der Waals surface area contributed by atoms with E-state index in [0.29, 0.717) is 0 Å². The van der Waals surface area contributed by atoms with Crippen LogP contribution in [0.1, 0.15) is 19.4 Å². The molecule has 0 heterocycles. The predicted octanol–water partition coefficient (Wildman–Crippen LogP) is 2.63. The highest BCUT2D eigenvalue weighted by molar-refractivity contribution is 5.91. The minimum atomic E-state index is 0.0664. The van der Waals surface area contributed by atoms with Gasteiger partial charge in [0.25, 0.3) is 0 Å². The van der Waals surface area contributed by atoms with E-state index in [4.69, 9.17) is 0 Å². The Hall–Kier alpha value is -1.77. The van der Waals surface area contributed by atoms with E-state index >= 15 is 0 Å². The van der Waals surface area contributed by atoms with E-state index < -0.39 is 0 Å². The van der Waals surface area contributed by atoms with Crippen molar-refractivity contribution in [2.75, 3.05) is 32.1 Å². The number of carbonyl (C=O) groups is 1. The van der Waals surface area contributed by atoms with Gasteiger partial charge in [-0.25, -0.2) is 0 Å². The van der Waals surface area contributed by atoms with Crippen molar-refractivity contribution in [3.63, 3.8) is 0 Å². The van der Waals surface area contributed by atoms with Gasteiger partial charge in [-0.2, -0.15) is 0 Å². The van der Waals surface area contributed by atoms with Crippen molar-refractivity contribution in [1.82, 2.24) is 4.90 Å². The molecule has 98 valence electrons. The molecule has 0 unspecified atom stereocenters. The fourth-order valence-corrected chi connectivity index (χ4v) is 1.69. The fraction of sp³-hybridized carbons (Fsp3) is 0.400. The summed E-state index contributed by atoms with van der Waals surface area (Å²) in [7, 11) is 4.02. The molecule has 0 radical (unpaired) electrons. The number of anilines is 1. The zero-order valence-corrected chi connectivity index (χ0v) is 11.7. The van der Waals surface area contributed by atoms with Gasteiger partial charge < -0.3 is 9.80 Å². The Morgan fingerprint density at radius 3 is 2.11 bits per heavy atom. The third-order valence-corrected chi connectivity index (χ3v) is 2.90. The van der Waals surface area contributed by atoms with Crippen LogP contribution in [0.25, 0.3) is 6.08 Å². The average molecular weight is 246 g/mol. The highest BCUT2D eigenvalue weighted by atomic mass is 16.2. The smallest absolute Gasteiger partial charge is 0.246 e. The highest BCUT2D eigenvalue weighted by Crippen LogP contribution is 2.13. The Morgan fingerprint density at radius 2 is 1.67 bits per heavy atom. The summed E-state index contributed by atoms with van der Waals surface area (Å²) in [5, 5.41) is 0. The lowest BCUT2D eigenvalue weighted by Crippen LogP contribution is -2.28. The predicted molar refractivity (Wildman–Crippen MR) is 77.7 cm³/mol. The summed E-state index contributed by atoms with van der Waals surface area (Å²) >= 11 is 0. The Kier molecular flexibility index (Phi) is 5.43. The summed E-state index contributed by atoms with van der Waals surface area (Å²) in [6.07, 6.45) is 3.50. The maximum atomic E-state index is 11.8. The Labute approximate surface area is 110 Å². The molecular weight excluding hydrogens is 224 g/mol. The van der Waals surface area contributed by atoms with Crippen molar-refractivity contribution < 1.29 is 4.79 Å². The van der Waals surface area contributed by atoms with Gasteiger partial charge in [0.2, 0.25) is 5.91 Å². The van der Waals surface area contributed by atoms with E-state index in [2.05, 4.69) is 4.90 Å². The number of rotatable bonds is 5. The van der Waals surface area contributed by atoms with E-state index in [-0.39, 0.29) is 5.91 Å². The summed E-state index contributed by atoms with van der Waals surface area (Å²) in [5.74, 6) is 0.0664. The van der Waals surface area contributed by atoms with Crippen LogP contribution in [0, 0.1) is 0 Å². The summed E-state index contributed by atoms with van der Waals surface area (Å²) in [6.45, 7) is 5.47. The molecule has 0 aliphatic rings. The summed E-state index contributed by atoms with van der Waals surface area (Å²) < 4.78 is 0. The van der Waals surface area contributed by atoms with Gasteiger partial charge in [0.1, 0.15) is 0 Å². The van der Waals surface area contributed by atoms with Gasteiger partial charge in [-0.15, -0.1) is 0 Å². The van der Waals surface area contributed by atoms with E-state index in [1.165, 1.54) is 0 Å². The molecular formula is C15H22N2O. The molecule has 0 fully saturated rings. The van der Waals surface area contributed by atoms with Crippen molar-refractivity contribution in [2.24, 2.45) is 0 Å². The molecule has 0 spiro atoms. The van der Waals surface area contributed by atoms with Gasteiger partial charge in [0.15, 0.2) is 0 Å². The van der Waals surface area contributed by atoms with Crippen LogP contribution in [0.15, 0.2) is 30.3 Å². The van der Waals surface area contributed by atoms with Crippen LogP contribution in [-0.4, -0.2) is 38.0 Å². The van der Waals surface area contributed by atoms with Gasteiger partial charge in [0.05, 0.1) is 0 Å². The lowest BCUT2D eigenvalue weighted by molar-refractivity contribution is -0.125. The van der Waals surface area contributed by atoms with Crippen molar-refractivity contribution in [3.8, 4) is 0 Å². The van der Waals surface area contributed by atoms with Crippen LogP contribution < -0.4 is 4.90 Å². The molecule has 1 aromatic rings. The second-order valence-electron chi connectivity index (χ2n) is 4.33. The largest absolute Gasteiger partial charge is 0.378 e. The van der Waals surface area contributed by atoms with E-state index in [9.17, 15) is 4.79 Å². The van der Waals surface area contributed by atoms with Gasteiger partial charge in [-0.3, -0.25) is 4.79 Å². The first-order valence-electron chi connectivity index (χ1n) is 6.32. The number of amides is 1. The molecule has 0 aromatic heterocycles. The molecule has 0 atom stereocenters. The molecule has 0 aliphatic carbocycles. The minimum absolute atomic E-state index is 0.0664. The maximum Gasteiger partial charge on any atom is 0.246 e. The molecule has 0 saturated carbocycles. The minimum Gasteiger partial charge on any atom is -0.378 e. The van der Waals surface area contributed by atoms with Gasteiger partial charge in [-0.1, -0.05) is 12.1 Å². The van der Waals surface area contributed by atoms with Crippen LogP contribution in [0.5, 0.6) is 0 Å². The highest BCUT2D eigenvalue weighted by Gasteiger charge is 2.04. The van der Waals surface area contributed by atoms with Gasteiger partial charge in [0, 0.05) is 38.9 Å². The molecule has 1 amide bonds. The number of nitrogens with zero attached hydrogens (tertiary/aromatic N) is 2. The number of benzene rings is 1.